The van der Waals surface area contributed by atoms with E-state index in [2.05, 4.69) is 36.3 Å². The number of nitrogens with zero attached hydrogens (tertiary/aromatic N) is 4. The van der Waals surface area contributed by atoms with E-state index < -0.39 is 0 Å². The van der Waals surface area contributed by atoms with Crippen LogP contribution in [0.4, 0.5) is 4.79 Å². The van der Waals surface area contributed by atoms with Gasteiger partial charge in [0.25, 0.3) is 0 Å². The predicted octanol–water partition coefficient (Wildman–Crippen LogP) is 1.51. The molecule has 0 unspecified atom stereocenters. The fourth-order valence-electron chi connectivity index (χ4n) is 4.48. The molecule has 0 saturated carbocycles. The molecule has 13 nitrogen and oxygen atoms in total. The van der Waals surface area contributed by atoms with Crippen molar-refractivity contribution in [1.29, 1.82) is 0 Å². The summed E-state index contributed by atoms with van der Waals surface area (Å²) in [5.74, 6) is 2.73. The van der Waals surface area contributed by atoms with Crippen LogP contribution in [0.1, 0.15) is 31.5 Å². The number of unbranched alkanes of at least 4 members (excludes halogenated alkanes) is 1. The molecule has 224 valence electrons. The average Bonchev–Trinajstić information content (AvgIpc) is 3.53. The Morgan fingerprint density at radius 1 is 0.927 bits per heavy atom. The third-order valence-electron chi connectivity index (χ3n) is 6.58. The van der Waals surface area contributed by atoms with Crippen molar-refractivity contribution >= 4 is 23.7 Å². The molecule has 2 aromatic rings. The number of benzene rings is 1. The summed E-state index contributed by atoms with van der Waals surface area (Å²) in [4.78, 5) is 23.5. The highest BCUT2D eigenvalue weighted by Gasteiger charge is 2.42. The van der Waals surface area contributed by atoms with Gasteiger partial charge in [0.15, 0.2) is 5.82 Å². The van der Waals surface area contributed by atoms with Gasteiger partial charge in [-0.3, -0.25) is 4.79 Å². The van der Waals surface area contributed by atoms with Crippen LogP contribution in [0.5, 0.6) is 5.75 Å². The van der Waals surface area contributed by atoms with E-state index in [1.54, 1.807) is 6.92 Å². The van der Waals surface area contributed by atoms with Gasteiger partial charge in [0.2, 0.25) is 11.7 Å². The molecule has 2 saturated heterocycles. The van der Waals surface area contributed by atoms with E-state index >= 15 is 0 Å². The predicted molar refractivity (Wildman–Crippen MR) is 153 cm³/mol. The maximum absolute atomic E-state index is 12.0. The van der Waals surface area contributed by atoms with E-state index in [0.717, 1.165) is 36.3 Å². The van der Waals surface area contributed by atoms with Gasteiger partial charge < -0.3 is 34.9 Å². The zero-order valence-corrected chi connectivity index (χ0v) is 24.2. The Kier molecular flexibility index (Phi) is 12.8. The van der Waals surface area contributed by atoms with Crippen molar-refractivity contribution in [2.45, 2.75) is 49.9 Å². The minimum Gasteiger partial charge on any atom is -0.491 e. The lowest BCUT2D eigenvalue weighted by molar-refractivity contribution is -0.121. The van der Waals surface area contributed by atoms with Crippen molar-refractivity contribution in [3.63, 3.8) is 0 Å². The molecule has 3 amide bonds. The molecule has 3 heterocycles. The fourth-order valence-corrected chi connectivity index (χ4v) is 6.02. The van der Waals surface area contributed by atoms with Crippen molar-refractivity contribution in [2.75, 3.05) is 58.5 Å². The quantitative estimate of drug-likeness (QED) is 0.161. The van der Waals surface area contributed by atoms with Gasteiger partial charge in [0.1, 0.15) is 12.4 Å². The second-order valence-electron chi connectivity index (χ2n) is 9.70. The minimum atomic E-state index is -0.0590. The van der Waals surface area contributed by atoms with Crippen LogP contribution in [0.15, 0.2) is 24.3 Å². The smallest absolute Gasteiger partial charge is 0.315 e. The molecule has 41 heavy (non-hydrogen) atoms. The van der Waals surface area contributed by atoms with Crippen LogP contribution in [0.2, 0.25) is 0 Å². The summed E-state index contributed by atoms with van der Waals surface area (Å²) in [6.45, 7) is 5.41. The van der Waals surface area contributed by atoms with Crippen molar-refractivity contribution in [3.05, 3.63) is 30.1 Å². The normalized spacial score (nSPS) is 19.4. The summed E-state index contributed by atoms with van der Waals surface area (Å²) in [6, 6.07) is 7.82. The molecular formula is C27H39N7O6S. The number of aryl methyl sites for hydroxylation is 1. The molecule has 1 aromatic heterocycles. The molecule has 14 heteroatoms. The second kappa shape index (κ2) is 17.0. The Hall–Kier alpha value is -3.07. The summed E-state index contributed by atoms with van der Waals surface area (Å²) in [7, 11) is 0. The lowest BCUT2D eigenvalue weighted by Gasteiger charge is -2.16. The van der Waals surface area contributed by atoms with Gasteiger partial charge in [-0.05, 0) is 44.0 Å². The first-order chi connectivity index (χ1) is 20.1. The number of nitrogens with one attached hydrogen (secondary N) is 3. The van der Waals surface area contributed by atoms with Crippen LogP contribution in [-0.2, 0) is 19.0 Å². The van der Waals surface area contributed by atoms with Gasteiger partial charge in [-0.2, -0.15) is 11.8 Å². The Labute approximate surface area is 244 Å². The summed E-state index contributed by atoms with van der Waals surface area (Å²) >= 11 is 1.90. The van der Waals surface area contributed by atoms with E-state index in [4.69, 9.17) is 18.9 Å². The molecule has 2 aliphatic rings. The Morgan fingerprint density at radius 2 is 1.61 bits per heavy atom. The topological polar surface area (TPSA) is 159 Å². The molecule has 0 aliphatic carbocycles. The Bertz CT molecular complexity index is 1080. The van der Waals surface area contributed by atoms with Crippen LogP contribution in [0.25, 0.3) is 11.4 Å². The van der Waals surface area contributed by atoms with Crippen LogP contribution >= 0.6 is 11.8 Å². The van der Waals surface area contributed by atoms with Crippen molar-refractivity contribution < 1.29 is 28.5 Å². The van der Waals surface area contributed by atoms with Crippen LogP contribution < -0.4 is 20.7 Å². The standard InChI is InChI=1S/C27H39N7O6S/c1-19-31-33-26(34-32-19)20-6-8-21(9-7-20)40-17-16-39-15-14-38-13-12-37-11-10-28-24(35)5-3-2-4-23-25-22(18-41-23)29-27(36)30-25/h6-9,22-23,25H,2-5,10-18H2,1H3,(H,28,35)(H2,29,30,36)/t22-,23-,25-/m1/s1. The fraction of sp³-hybridized carbons (Fsp3) is 0.630. The summed E-state index contributed by atoms with van der Waals surface area (Å²) in [5, 5.41) is 25.1. The summed E-state index contributed by atoms with van der Waals surface area (Å²) in [6.07, 6.45) is 3.35. The molecular weight excluding hydrogens is 550 g/mol. The van der Waals surface area contributed by atoms with E-state index in [-0.39, 0.29) is 24.0 Å². The van der Waals surface area contributed by atoms with Crippen LogP contribution in [-0.4, -0.2) is 108 Å². The number of urea groups is 1. The maximum atomic E-state index is 12.0. The van der Waals surface area contributed by atoms with E-state index in [9.17, 15) is 9.59 Å². The van der Waals surface area contributed by atoms with E-state index in [0.29, 0.717) is 76.1 Å². The average molecular weight is 590 g/mol. The van der Waals surface area contributed by atoms with Crippen molar-refractivity contribution in [3.8, 4) is 17.1 Å². The lowest BCUT2D eigenvalue weighted by atomic mass is 10.0. The summed E-state index contributed by atoms with van der Waals surface area (Å²) in [5.41, 5.74) is 0.818. The maximum Gasteiger partial charge on any atom is 0.315 e. The molecule has 0 bridgehead atoms. The number of carbonyl (C=O) groups excluding carboxylic acids is 2. The van der Waals surface area contributed by atoms with Gasteiger partial charge in [0.05, 0.1) is 51.7 Å². The molecule has 1 aromatic carbocycles. The number of hydrogen-bond donors (Lipinski definition) is 3. The largest absolute Gasteiger partial charge is 0.491 e. The van der Waals surface area contributed by atoms with Gasteiger partial charge in [-0.25, -0.2) is 4.79 Å². The van der Waals surface area contributed by atoms with Crippen LogP contribution in [0, 0.1) is 6.92 Å². The molecule has 3 N–H and O–H groups in total. The number of aromatic nitrogens is 4. The highest BCUT2D eigenvalue weighted by Crippen LogP contribution is 2.33. The Morgan fingerprint density at radius 3 is 2.34 bits per heavy atom. The molecule has 4 rings (SSSR count). The summed E-state index contributed by atoms with van der Waals surface area (Å²) < 4.78 is 22.2. The Balaban J connectivity index is 0.891. The van der Waals surface area contributed by atoms with E-state index in [1.165, 1.54) is 0 Å². The highest BCUT2D eigenvalue weighted by atomic mass is 32.2. The first-order valence-corrected chi connectivity index (χ1v) is 15.1. The SMILES string of the molecule is Cc1nnc(-c2ccc(OCCOCCOCCOCCNC(=O)CCCC[C@H]3SC[C@H]4NC(=O)N[C@H]43)cc2)nn1. The molecule has 2 fully saturated rings. The molecule has 3 atom stereocenters. The van der Waals surface area contributed by atoms with E-state index in [1.807, 2.05) is 36.0 Å². The number of amides is 3. The third kappa shape index (κ3) is 10.7. The van der Waals surface area contributed by atoms with Crippen molar-refractivity contribution in [1.82, 2.24) is 36.3 Å². The minimum absolute atomic E-state index is 0.0442. The second-order valence-corrected chi connectivity index (χ2v) is 11.0. The van der Waals surface area contributed by atoms with Crippen LogP contribution in [0.3, 0.4) is 0 Å². The number of carbonyl (C=O) groups is 2. The third-order valence-corrected chi connectivity index (χ3v) is 8.09. The monoisotopic (exact) mass is 589 g/mol. The number of ether oxygens (including phenoxy) is 4. The van der Waals surface area contributed by atoms with Crippen molar-refractivity contribution in [2.24, 2.45) is 0 Å². The molecule has 0 radical (unpaired) electrons. The first-order valence-electron chi connectivity index (χ1n) is 14.0. The lowest BCUT2D eigenvalue weighted by Crippen LogP contribution is -2.36. The van der Waals surface area contributed by atoms with Gasteiger partial charge in [0, 0.05) is 29.5 Å². The first kappa shape index (κ1) is 30.9. The molecule has 0 spiro atoms. The van der Waals surface area contributed by atoms with Gasteiger partial charge >= 0.3 is 6.03 Å². The van der Waals surface area contributed by atoms with Gasteiger partial charge in [-0.15, -0.1) is 20.4 Å². The molecule has 2 aliphatic heterocycles. The number of hydrogen-bond acceptors (Lipinski definition) is 11. The van der Waals surface area contributed by atoms with Gasteiger partial charge in [-0.1, -0.05) is 6.42 Å². The highest BCUT2D eigenvalue weighted by molar-refractivity contribution is 8.00. The zero-order valence-electron chi connectivity index (χ0n) is 23.4. The number of thioether (sulfide) groups is 1. The number of rotatable bonds is 19. The number of fused-ring (bicyclic) bond motifs is 1. The zero-order chi connectivity index (χ0) is 28.7.